The minimum absolute atomic E-state index is 0.0489. The normalized spacial score (nSPS) is 21.0. The molecular formula is C24H36N6O4. The van der Waals surface area contributed by atoms with Crippen molar-refractivity contribution in [2.45, 2.75) is 19.3 Å². The minimum Gasteiger partial charge on any atom is -0.495 e. The summed E-state index contributed by atoms with van der Waals surface area (Å²) in [5.41, 5.74) is 6.69. The molecule has 0 bridgehead atoms. The number of urea groups is 1. The van der Waals surface area contributed by atoms with Crippen LogP contribution in [0.4, 0.5) is 10.5 Å². The average Bonchev–Trinajstić information content (AvgIpc) is 2.85. The molecule has 0 aliphatic carbocycles. The molecule has 3 saturated heterocycles. The third-order valence-corrected chi connectivity index (χ3v) is 7.10. The van der Waals surface area contributed by atoms with Crippen LogP contribution in [0.5, 0.6) is 5.75 Å². The number of nitrogens with two attached hydrogens (primary N) is 1. The summed E-state index contributed by atoms with van der Waals surface area (Å²) in [6, 6.07) is 4.64. The van der Waals surface area contributed by atoms with E-state index >= 15 is 0 Å². The van der Waals surface area contributed by atoms with E-state index in [1.165, 1.54) is 24.9 Å². The number of ether oxygens (including phenoxy) is 1. The molecular weight excluding hydrogens is 436 g/mol. The Hall–Kier alpha value is -2.69. The lowest BCUT2D eigenvalue weighted by Crippen LogP contribution is -2.51. The summed E-state index contributed by atoms with van der Waals surface area (Å²) < 4.78 is 5.41. The summed E-state index contributed by atoms with van der Waals surface area (Å²) in [6.45, 7) is 8.42. The first-order chi connectivity index (χ1) is 16.5. The number of amides is 4. The Labute approximate surface area is 201 Å². The third-order valence-electron chi connectivity index (χ3n) is 7.10. The lowest BCUT2D eigenvalue weighted by molar-refractivity contribution is -0.120. The fourth-order valence-electron chi connectivity index (χ4n) is 5.08. The number of nitrogens with zero attached hydrogens (tertiary/aromatic N) is 4. The smallest absolute Gasteiger partial charge is 0.328 e. The fraction of sp³-hybridized carbons (Fsp3) is 0.625. The van der Waals surface area contributed by atoms with Gasteiger partial charge in [-0.2, -0.15) is 0 Å². The van der Waals surface area contributed by atoms with E-state index in [1.54, 1.807) is 18.2 Å². The molecule has 186 valence electrons. The average molecular weight is 473 g/mol. The Bertz CT molecular complexity index is 893. The van der Waals surface area contributed by atoms with Gasteiger partial charge in [0.2, 0.25) is 5.91 Å². The summed E-state index contributed by atoms with van der Waals surface area (Å²) in [7, 11) is 1.52. The molecule has 1 aromatic carbocycles. The van der Waals surface area contributed by atoms with E-state index in [4.69, 9.17) is 10.5 Å². The van der Waals surface area contributed by atoms with Crippen molar-refractivity contribution in [3.05, 3.63) is 23.8 Å². The van der Waals surface area contributed by atoms with E-state index in [9.17, 15) is 14.4 Å². The van der Waals surface area contributed by atoms with Gasteiger partial charge in [0.05, 0.1) is 12.8 Å². The van der Waals surface area contributed by atoms with Gasteiger partial charge in [0.15, 0.2) is 0 Å². The molecule has 3 heterocycles. The zero-order valence-corrected chi connectivity index (χ0v) is 20.0. The highest BCUT2D eigenvalue weighted by Gasteiger charge is 2.29. The first kappa shape index (κ1) is 24.4. The van der Waals surface area contributed by atoms with Crippen molar-refractivity contribution >= 4 is 23.5 Å². The van der Waals surface area contributed by atoms with Gasteiger partial charge < -0.3 is 20.3 Å². The largest absolute Gasteiger partial charge is 0.495 e. The molecule has 0 aromatic heterocycles. The predicted octanol–water partition coefficient (Wildman–Crippen LogP) is 0.570. The molecule has 0 radical (unpaired) electrons. The Morgan fingerprint density at radius 1 is 1.06 bits per heavy atom. The number of rotatable bonds is 7. The van der Waals surface area contributed by atoms with Crippen LogP contribution in [0.3, 0.4) is 0 Å². The minimum atomic E-state index is -0.498. The maximum atomic E-state index is 13.2. The van der Waals surface area contributed by atoms with Crippen LogP contribution in [0.2, 0.25) is 0 Å². The van der Waals surface area contributed by atoms with Gasteiger partial charge in [0.25, 0.3) is 5.91 Å². The van der Waals surface area contributed by atoms with Crippen LogP contribution < -0.4 is 20.7 Å². The number of hydrogen-bond donors (Lipinski definition) is 2. The highest BCUT2D eigenvalue weighted by Crippen LogP contribution is 2.31. The molecule has 4 amide bonds. The lowest BCUT2D eigenvalue weighted by Gasteiger charge is -2.39. The molecule has 0 saturated carbocycles. The number of likely N-dealkylation sites (tertiary alicyclic amines) is 1. The first-order valence-electron chi connectivity index (χ1n) is 12.2. The van der Waals surface area contributed by atoms with Crippen LogP contribution in [-0.2, 0) is 4.79 Å². The van der Waals surface area contributed by atoms with E-state index in [-0.39, 0.29) is 24.8 Å². The van der Waals surface area contributed by atoms with Gasteiger partial charge in [-0.05, 0) is 50.0 Å². The number of benzene rings is 1. The number of carbonyl (C=O) groups is 3. The quantitative estimate of drug-likeness (QED) is 0.597. The van der Waals surface area contributed by atoms with E-state index in [2.05, 4.69) is 15.1 Å². The molecule has 0 unspecified atom stereocenters. The molecule has 10 nitrogen and oxygen atoms in total. The number of nitrogens with one attached hydrogen (secondary N) is 1. The van der Waals surface area contributed by atoms with E-state index < -0.39 is 6.03 Å². The number of methoxy groups -OCH3 is 1. The van der Waals surface area contributed by atoms with Gasteiger partial charge in [-0.25, -0.2) is 4.79 Å². The van der Waals surface area contributed by atoms with Gasteiger partial charge in [-0.1, -0.05) is 0 Å². The Morgan fingerprint density at radius 2 is 1.79 bits per heavy atom. The van der Waals surface area contributed by atoms with Gasteiger partial charge in [-0.15, -0.1) is 0 Å². The molecule has 4 rings (SSSR count). The first-order valence-corrected chi connectivity index (χ1v) is 12.2. The van der Waals surface area contributed by atoms with Crippen molar-refractivity contribution in [3.63, 3.8) is 0 Å². The van der Waals surface area contributed by atoms with Crippen LogP contribution in [0.1, 0.15) is 29.6 Å². The van der Waals surface area contributed by atoms with E-state index in [0.29, 0.717) is 36.0 Å². The summed E-state index contributed by atoms with van der Waals surface area (Å²) in [5, 5.41) is 2.32. The van der Waals surface area contributed by atoms with Gasteiger partial charge in [0, 0.05) is 64.3 Å². The Kier molecular flexibility index (Phi) is 8.02. The summed E-state index contributed by atoms with van der Waals surface area (Å²) >= 11 is 0. The molecule has 3 aliphatic rings. The second kappa shape index (κ2) is 11.2. The predicted molar refractivity (Wildman–Crippen MR) is 129 cm³/mol. The van der Waals surface area contributed by atoms with E-state index in [1.807, 2.05) is 4.90 Å². The topological polar surface area (TPSA) is 111 Å². The summed E-state index contributed by atoms with van der Waals surface area (Å²) in [5.74, 6) is 0.852. The molecule has 1 aromatic rings. The molecule has 10 heteroatoms. The number of carbonyl (C=O) groups excluding carboxylic acids is 3. The van der Waals surface area contributed by atoms with Crippen LogP contribution in [-0.4, -0.2) is 105 Å². The molecule has 3 fully saturated rings. The van der Waals surface area contributed by atoms with Crippen LogP contribution in [0, 0.1) is 5.92 Å². The molecule has 0 spiro atoms. The van der Waals surface area contributed by atoms with Gasteiger partial charge >= 0.3 is 6.03 Å². The van der Waals surface area contributed by atoms with E-state index in [0.717, 1.165) is 45.8 Å². The molecule has 3 N–H and O–H groups in total. The second-order valence-corrected chi connectivity index (χ2v) is 9.31. The van der Waals surface area contributed by atoms with Crippen LogP contribution in [0.15, 0.2) is 18.2 Å². The highest BCUT2D eigenvalue weighted by atomic mass is 16.5. The lowest BCUT2D eigenvalue weighted by atomic mass is 9.96. The van der Waals surface area contributed by atoms with Crippen molar-refractivity contribution in [2.24, 2.45) is 11.7 Å². The maximum absolute atomic E-state index is 13.2. The van der Waals surface area contributed by atoms with Crippen molar-refractivity contribution < 1.29 is 19.1 Å². The van der Waals surface area contributed by atoms with Crippen LogP contribution in [0.25, 0.3) is 0 Å². The van der Waals surface area contributed by atoms with Gasteiger partial charge in [0.1, 0.15) is 5.75 Å². The monoisotopic (exact) mass is 472 g/mol. The fourth-order valence-corrected chi connectivity index (χ4v) is 5.08. The Morgan fingerprint density at radius 3 is 2.44 bits per heavy atom. The van der Waals surface area contributed by atoms with Crippen molar-refractivity contribution in [2.75, 3.05) is 77.5 Å². The number of imide groups is 1. The number of piperazine rings is 1. The van der Waals surface area contributed by atoms with Crippen molar-refractivity contribution in [1.29, 1.82) is 0 Å². The molecule has 34 heavy (non-hydrogen) atoms. The maximum Gasteiger partial charge on any atom is 0.328 e. The summed E-state index contributed by atoms with van der Waals surface area (Å²) in [4.78, 5) is 45.3. The number of anilines is 1. The van der Waals surface area contributed by atoms with Crippen molar-refractivity contribution in [1.82, 2.24) is 20.0 Å². The number of hydrogen-bond acceptors (Lipinski definition) is 7. The highest BCUT2D eigenvalue weighted by molar-refractivity contribution is 6.07. The standard InChI is InChI=1S/C24H36N6O4/c1-34-21-3-2-19(16-20(21)30-10-6-22(31)26-24(30)33)23(32)29-14-12-28(13-15-29)17-18-4-8-27(9-5-18)11-7-25/h2-3,16,18H,4-15,17,25H2,1H3,(H,26,31,33). The molecule has 0 atom stereocenters. The van der Waals surface area contributed by atoms with Crippen LogP contribution >= 0.6 is 0 Å². The summed E-state index contributed by atoms with van der Waals surface area (Å²) in [6.07, 6.45) is 2.63. The second-order valence-electron chi connectivity index (χ2n) is 9.31. The zero-order valence-electron chi connectivity index (χ0n) is 20.0. The SMILES string of the molecule is COc1ccc(C(=O)N2CCN(CC3CCN(CCN)CC3)CC2)cc1N1CCC(=O)NC1=O. The Balaban J connectivity index is 1.33. The van der Waals surface area contributed by atoms with Crippen molar-refractivity contribution in [3.8, 4) is 5.75 Å². The number of piperidine rings is 1. The third kappa shape index (κ3) is 5.68. The molecule has 3 aliphatic heterocycles. The zero-order chi connectivity index (χ0) is 24.1. The van der Waals surface area contributed by atoms with Gasteiger partial charge in [-0.3, -0.25) is 24.7 Å².